The first-order valence-electron chi connectivity index (χ1n) is 5.15. The van der Waals surface area contributed by atoms with Crippen LogP contribution in [0, 0.1) is 5.41 Å². The van der Waals surface area contributed by atoms with Gasteiger partial charge in [-0.05, 0) is 18.3 Å². The van der Waals surface area contributed by atoms with Gasteiger partial charge in [-0.15, -0.1) is 0 Å². The van der Waals surface area contributed by atoms with Crippen molar-refractivity contribution in [2.24, 2.45) is 16.9 Å². The molecular formula is C10H22N2. The molecular weight excluding hydrogens is 148 g/mol. The molecule has 72 valence electrons. The molecule has 0 aromatic carbocycles. The van der Waals surface area contributed by atoms with Crippen LogP contribution in [0.3, 0.4) is 0 Å². The molecule has 1 saturated carbocycles. The molecule has 2 heteroatoms. The van der Waals surface area contributed by atoms with Gasteiger partial charge in [0.25, 0.3) is 0 Å². The highest BCUT2D eigenvalue weighted by molar-refractivity contribution is 4.87. The number of hydrogen-bond donors (Lipinski definition) is 2. The molecule has 0 aliphatic heterocycles. The van der Waals surface area contributed by atoms with Crippen molar-refractivity contribution in [3.05, 3.63) is 0 Å². The fourth-order valence-electron chi connectivity index (χ4n) is 2.19. The van der Waals surface area contributed by atoms with E-state index < -0.39 is 0 Å². The molecule has 0 radical (unpaired) electrons. The summed E-state index contributed by atoms with van der Waals surface area (Å²) in [5.41, 5.74) is 12.0. The summed E-state index contributed by atoms with van der Waals surface area (Å²) < 4.78 is 0. The Morgan fingerprint density at radius 3 is 2.08 bits per heavy atom. The van der Waals surface area contributed by atoms with Crippen molar-refractivity contribution in [1.29, 1.82) is 0 Å². The van der Waals surface area contributed by atoms with Crippen molar-refractivity contribution >= 4 is 0 Å². The van der Waals surface area contributed by atoms with E-state index in [1.165, 1.54) is 38.5 Å². The van der Waals surface area contributed by atoms with Gasteiger partial charge in [-0.1, -0.05) is 32.6 Å². The molecule has 1 fully saturated rings. The fourth-order valence-corrected chi connectivity index (χ4v) is 2.19. The van der Waals surface area contributed by atoms with Gasteiger partial charge in [0.15, 0.2) is 0 Å². The van der Waals surface area contributed by atoms with Gasteiger partial charge in [0, 0.05) is 12.6 Å². The number of rotatable bonds is 2. The van der Waals surface area contributed by atoms with Crippen molar-refractivity contribution < 1.29 is 0 Å². The molecule has 1 rings (SSSR count). The van der Waals surface area contributed by atoms with Gasteiger partial charge in [0.1, 0.15) is 0 Å². The molecule has 0 spiro atoms. The molecule has 1 aliphatic carbocycles. The molecule has 0 bridgehead atoms. The molecule has 1 unspecified atom stereocenters. The summed E-state index contributed by atoms with van der Waals surface area (Å²) in [6, 6.07) is 0.204. The number of hydrogen-bond acceptors (Lipinski definition) is 2. The van der Waals surface area contributed by atoms with E-state index >= 15 is 0 Å². The van der Waals surface area contributed by atoms with E-state index in [1.54, 1.807) is 0 Å². The van der Waals surface area contributed by atoms with Crippen LogP contribution < -0.4 is 11.5 Å². The average molecular weight is 170 g/mol. The van der Waals surface area contributed by atoms with E-state index in [0.717, 1.165) is 0 Å². The Morgan fingerprint density at radius 2 is 1.67 bits per heavy atom. The van der Waals surface area contributed by atoms with Crippen LogP contribution in [0.25, 0.3) is 0 Å². The summed E-state index contributed by atoms with van der Waals surface area (Å²) in [6.45, 7) is 2.94. The summed E-state index contributed by atoms with van der Waals surface area (Å²) in [5.74, 6) is 0. The molecule has 4 N–H and O–H groups in total. The maximum atomic E-state index is 6.03. The quantitative estimate of drug-likeness (QED) is 0.619. The zero-order valence-electron chi connectivity index (χ0n) is 8.18. The van der Waals surface area contributed by atoms with Gasteiger partial charge in [-0.25, -0.2) is 0 Å². The molecule has 0 aromatic heterocycles. The zero-order valence-corrected chi connectivity index (χ0v) is 8.18. The SMILES string of the molecule is CC1(C(N)CN)CCCCCC1. The summed E-state index contributed by atoms with van der Waals surface area (Å²) in [5, 5.41) is 0. The van der Waals surface area contributed by atoms with Gasteiger partial charge < -0.3 is 11.5 Å². The Bertz CT molecular complexity index is 126. The Morgan fingerprint density at radius 1 is 1.17 bits per heavy atom. The summed E-state index contributed by atoms with van der Waals surface area (Å²) >= 11 is 0. The third-order valence-electron chi connectivity index (χ3n) is 3.39. The van der Waals surface area contributed by atoms with Gasteiger partial charge in [0.2, 0.25) is 0 Å². The first-order valence-corrected chi connectivity index (χ1v) is 5.15. The third-order valence-corrected chi connectivity index (χ3v) is 3.39. The van der Waals surface area contributed by atoms with Crippen molar-refractivity contribution in [2.45, 2.75) is 51.5 Å². The van der Waals surface area contributed by atoms with E-state index in [9.17, 15) is 0 Å². The van der Waals surface area contributed by atoms with E-state index in [4.69, 9.17) is 11.5 Å². The van der Waals surface area contributed by atoms with E-state index in [2.05, 4.69) is 6.92 Å². The van der Waals surface area contributed by atoms with E-state index in [-0.39, 0.29) is 6.04 Å². The largest absolute Gasteiger partial charge is 0.329 e. The lowest BCUT2D eigenvalue weighted by Gasteiger charge is -2.33. The van der Waals surface area contributed by atoms with Gasteiger partial charge >= 0.3 is 0 Å². The van der Waals surface area contributed by atoms with Gasteiger partial charge in [0.05, 0.1) is 0 Å². The molecule has 0 saturated heterocycles. The smallest absolute Gasteiger partial charge is 0.0217 e. The summed E-state index contributed by atoms with van der Waals surface area (Å²) in [6.07, 6.45) is 7.98. The first-order chi connectivity index (χ1) is 5.69. The standard InChI is InChI=1S/C10H22N2/c1-10(9(12)8-11)6-4-2-3-5-7-10/h9H,2-8,11-12H2,1H3. The minimum atomic E-state index is 0.204. The van der Waals surface area contributed by atoms with Crippen LogP contribution in [0.5, 0.6) is 0 Å². The van der Waals surface area contributed by atoms with Crippen molar-refractivity contribution in [2.75, 3.05) is 6.54 Å². The topological polar surface area (TPSA) is 52.0 Å². The maximum absolute atomic E-state index is 6.03. The second-order valence-corrected chi connectivity index (χ2v) is 4.41. The lowest BCUT2D eigenvalue weighted by atomic mass is 9.76. The predicted octanol–water partition coefficient (Wildman–Crippen LogP) is 1.63. The monoisotopic (exact) mass is 170 g/mol. The lowest BCUT2D eigenvalue weighted by molar-refractivity contribution is 0.220. The van der Waals surface area contributed by atoms with Crippen molar-refractivity contribution in [1.82, 2.24) is 0 Å². The fraction of sp³-hybridized carbons (Fsp3) is 1.00. The van der Waals surface area contributed by atoms with Crippen LogP contribution in [0.2, 0.25) is 0 Å². The summed E-state index contributed by atoms with van der Waals surface area (Å²) in [7, 11) is 0. The Balaban J connectivity index is 2.53. The van der Waals surface area contributed by atoms with Crippen LogP contribution in [0.1, 0.15) is 45.4 Å². The molecule has 1 atom stereocenters. The lowest BCUT2D eigenvalue weighted by Crippen LogP contribution is -2.44. The molecule has 12 heavy (non-hydrogen) atoms. The van der Waals surface area contributed by atoms with Crippen LogP contribution in [0.15, 0.2) is 0 Å². The highest BCUT2D eigenvalue weighted by Gasteiger charge is 2.30. The average Bonchev–Trinajstić information content (AvgIpc) is 2.29. The minimum absolute atomic E-state index is 0.204. The Labute approximate surface area is 75.7 Å². The van der Waals surface area contributed by atoms with Crippen LogP contribution in [-0.2, 0) is 0 Å². The molecule has 2 nitrogen and oxygen atoms in total. The van der Waals surface area contributed by atoms with Crippen molar-refractivity contribution in [3.63, 3.8) is 0 Å². The van der Waals surface area contributed by atoms with Crippen LogP contribution in [-0.4, -0.2) is 12.6 Å². The Kier molecular flexibility index (Phi) is 3.53. The summed E-state index contributed by atoms with van der Waals surface area (Å²) in [4.78, 5) is 0. The minimum Gasteiger partial charge on any atom is -0.329 e. The molecule has 1 aliphatic rings. The second-order valence-electron chi connectivity index (χ2n) is 4.41. The zero-order chi connectivity index (χ0) is 9.03. The normalized spacial score (nSPS) is 26.2. The van der Waals surface area contributed by atoms with Crippen molar-refractivity contribution in [3.8, 4) is 0 Å². The third kappa shape index (κ3) is 2.20. The maximum Gasteiger partial charge on any atom is 0.0217 e. The molecule has 0 amide bonds. The van der Waals surface area contributed by atoms with Crippen LogP contribution >= 0.6 is 0 Å². The van der Waals surface area contributed by atoms with Crippen LogP contribution in [0.4, 0.5) is 0 Å². The van der Waals surface area contributed by atoms with E-state index in [1.807, 2.05) is 0 Å². The number of nitrogens with two attached hydrogens (primary N) is 2. The Hall–Kier alpha value is -0.0800. The van der Waals surface area contributed by atoms with Gasteiger partial charge in [-0.2, -0.15) is 0 Å². The van der Waals surface area contributed by atoms with Gasteiger partial charge in [-0.3, -0.25) is 0 Å². The molecule has 0 aromatic rings. The molecule has 0 heterocycles. The second kappa shape index (κ2) is 4.24. The highest BCUT2D eigenvalue weighted by atomic mass is 14.8. The first kappa shape index (κ1) is 10.0. The highest BCUT2D eigenvalue weighted by Crippen LogP contribution is 2.36. The predicted molar refractivity (Wildman–Crippen MR) is 52.8 cm³/mol. The van der Waals surface area contributed by atoms with E-state index in [0.29, 0.717) is 12.0 Å².